The fraction of sp³-hybridized carbons (Fsp3) is 0.435. The molecule has 1 saturated heterocycles. The van der Waals surface area contributed by atoms with Crippen LogP contribution < -0.4 is 14.8 Å². The molecule has 2 aromatic carbocycles. The van der Waals surface area contributed by atoms with Crippen molar-refractivity contribution in [3.63, 3.8) is 0 Å². The summed E-state index contributed by atoms with van der Waals surface area (Å²) in [6.07, 6.45) is 1.42. The number of hydrogen-bond donors (Lipinski definition) is 1. The van der Waals surface area contributed by atoms with Crippen molar-refractivity contribution < 1.29 is 19.0 Å². The van der Waals surface area contributed by atoms with Crippen LogP contribution >= 0.6 is 0 Å². The van der Waals surface area contributed by atoms with Gasteiger partial charge in [-0.1, -0.05) is 30.3 Å². The Bertz CT molecular complexity index is 855. The van der Waals surface area contributed by atoms with E-state index < -0.39 is 0 Å². The maximum absolute atomic E-state index is 12.3. The number of nitrogens with zero attached hydrogens (tertiary/aromatic N) is 1. The Balaban J connectivity index is 1.23. The number of nitrogens with one attached hydrogen (secondary N) is 1. The van der Waals surface area contributed by atoms with Gasteiger partial charge in [-0.25, -0.2) is 0 Å². The van der Waals surface area contributed by atoms with Crippen molar-refractivity contribution in [3.8, 4) is 11.5 Å². The first-order valence-corrected chi connectivity index (χ1v) is 10.2. The van der Waals surface area contributed by atoms with E-state index in [4.69, 9.17) is 14.2 Å². The molecule has 0 bridgehead atoms. The molecule has 4 rings (SSSR count). The Hall–Kier alpha value is -2.57. The van der Waals surface area contributed by atoms with Crippen molar-refractivity contribution >= 4 is 5.91 Å². The average Bonchev–Trinajstić information content (AvgIpc) is 3.19. The number of amides is 1. The van der Waals surface area contributed by atoms with Gasteiger partial charge in [0.2, 0.25) is 12.7 Å². The molecule has 6 nitrogen and oxygen atoms in total. The van der Waals surface area contributed by atoms with E-state index in [0.717, 1.165) is 48.9 Å². The van der Waals surface area contributed by atoms with Crippen molar-refractivity contribution in [2.75, 3.05) is 26.5 Å². The molecule has 0 aromatic heterocycles. The van der Waals surface area contributed by atoms with Crippen LogP contribution in [0, 0.1) is 0 Å². The van der Waals surface area contributed by atoms with Crippen LogP contribution in [0.4, 0.5) is 0 Å². The monoisotopic (exact) mass is 396 g/mol. The third-order valence-electron chi connectivity index (χ3n) is 5.29. The van der Waals surface area contributed by atoms with Crippen LogP contribution in [-0.4, -0.2) is 43.4 Å². The molecule has 2 aliphatic heterocycles. The lowest BCUT2D eigenvalue weighted by molar-refractivity contribution is -0.121. The number of fused-ring (bicyclic) bond motifs is 1. The maximum atomic E-state index is 12.3. The zero-order valence-corrected chi connectivity index (χ0v) is 16.9. The zero-order chi connectivity index (χ0) is 20.1. The molecule has 1 fully saturated rings. The molecule has 0 aliphatic carbocycles. The van der Waals surface area contributed by atoms with E-state index >= 15 is 0 Å². The van der Waals surface area contributed by atoms with Gasteiger partial charge in [-0.2, -0.15) is 0 Å². The molecule has 0 radical (unpaired) electrons. The van der Waals surface area contributed by atoms with Gasteiger partial charge < -0.3 is 19.5 Å². The molecule has 0 spiro atoms. The highest BCUT2D eigenvalue weighted by Gasteiger charge is 2.17. The summed E-state index contributed by atoms with van der Waals surface area (Å²) < 4.78 is 16.3. The number of benzene rings is 2. The molecular formula is C23H28N2O4. The summed E-state index contributed by atoms with van der Waals surface area (Å²) in [4.78, 5) is 14.7. The Morgan fingerprint density at radius 3 is 2.86 bits per heavy atom. The highest BCUT2D eigenvalue weighted by molar-refractivity contribution is 5.76. The fourth-order valence-corrected chi connectivity index (χ4v) is 3.77. The van der Waals surface area contributed by atoms with Gasteiger partial charge in [0, 0.05) is 32.6 Å². The molecule has 1 amide bonds. The summed E-state index contributed by atoms with van der Waals surface area (Å²) in [6, 6.07) is 14.3. The Kier molecular flexibility index (Phi) is 6.32. The van der Waals surface area contributed by atoms with Crippen LogP contribution in [0.25, 0.3) is 0 Å². The van der Waals surface area contributed by atoms with Gasteiger partial charge in [-0.05, 0) is 42.2 Å². The third kappa shape index (κ3) is 5.49. The van der Waals surface area contributed by atoms with Gasteiger partial charge in [0.1, 0.15) is 0 Å². The average molecular weight is 396 g/mol. The zero-order valence-electron chi connectivity index (χ0n) is 16.9. The second kappa shape index (κ2) is 9.29. The van der Waals surface area contributed by atoms with Gasteiger partial charge in [0.25, 0.3) is 0 Å². The minimum atomic E-state index is 0.0510. The first kappa shape index (κ1) is 19.7. The minimum absolute atomic E-state index is 0.0510. The predicted octanol–water partition coefficient (Wildman–Crippen LogP) is 2.89. The molecule has 0 saturated carbocycles. The first-order valence-electron chi connectivity index (χ1n) is 10.2. The highest BCUT2D eigenvalue weighted by Crippen LogP contribution is 2.32. The summed E-state index contributed by atoms with van der Waals surface area (Å²) in [6.45, 7) is 6.56. The molecule has 29 heavy (non-hydrogen) atoms. The SMILES string of the molecule is CC1CN(Cc2cccc(CNC(=O)CCc3ccc4c(c3)OCO4)c2)CCO1. The molecular weight excluding hydrogens is 368 g/mol. The second-order valence-electron chi connectivity index (χ2n) is 7.70. The number of hydrogen-bond acceptors (Lipinski definition) is 5. The Labute approximate surface area is 171 Å². The van der Waals surface area contributed by atoms with Gasteiger partial charge in [0.05, 0.1) is 12.7 Å². The van der Waals surface area contributed by atoms with Crippen LogP contribution in [-0.2, 0) is 29.0 Å². The van der Waals surface area contributed by atoms with E-state index in [-0.39, 0.29) is 18.8 Å². The van der Waals surface area contributed by atoms with E-state index in [1.807, 2.05) is 18.2 Å². The molecule has 154 valence electrons. The minimum Gasteiger partial charge on any atom is -0.454 e. The normalized spacial score (nSPS) is 18.6. The van der Waals surface area contributed by atoms with Crippen molar-refractivity contribution in [2.24, 2.45) is 0 Å². The van der Waals surface area contributed by atoms with Crippen molar-refractivity contribution in [1.29, 1.82) is 0 Å². The number of morpholine rings is 1. The molecule has 1 N–H and O–H groups in total. The third-order valence-corrected chi connectivity index (χ3v) is 5.29. The molecule has 2 heterocycles. The van der Waals surface area contributed by atoms with E-state index in [1.165, 1.54) is 5.56 Å². The van der Waals surface area contributed by atoms with Gasteiger partial charge in [-0.15, -0.1) is 0 Å². The lowest BCUT2D eigenvalue weighted by Crippen LogP contribution is -2.40. The van der Waals surface area contributed by atoms with Crippen molar-refractivity contribution in [2.45, 2.75) is 39.0 Å². The number of aryl methyl sites for hydroxylation is 1. The van der Waals surface area contributed by atoms with E-state index in [1.54, 1.807) is 0 Å². The molecule has 2 aliphatic rings. The molecule has 1 unspecified atom stereocenters. The first-order chi connectivity index (χ1) is 14.2. The van der Waals surface area contributed by atoms with Gasteiger partial charge in [-0.3, -0.25) is 9.69 Å². The second-order valence-corrected chi connectivity index (χ2v) is 7.70. The van der Waals surface area contributed by atoms with Crippen LogP contribution in [0.5, 0.6) is 11.5 Å². The fourth-order valence-electron chi connectivity index (χ4n) is 3.77. The van der Waals surface area contributed by atoms with Crippen molar-refractivity contribution in [1.82, 2.24) is 10.2 Å². The standard InChI is InChI=1S/C23H28N2O4/c1-17-14-25(9-10-27-17)15-20-4-2-3-19(11-20)13-24-23(26)8-6-18-5-7-21-22(12-18)29-16-28-21/h2-5,7,11-12,17H,6,8-10,13-16H2,1H3,(H,24,26). The van der Waals surface area contributed by atoms with Gasteiger partial charge in [0.15, 0.2) is 11.5 Å². The number of carbonyl (C=O) groups is 1. The van der Waals surface area contributed by atoms with E-state index in [9.17, 15) is 4.79 Å². The molecule has 2 aromatic rings. The smallest absolute Gasteiger partial charge is 0.231 e. The highest BCUT2D eigenvalue weighted by atomic mass is 16.7. The van der Waals surface area contributed by atoms with E-state index in [2.05, 4.69) is 41.4 Å². The lowest BCUT2D eigenvalue weighted by atomic mass is 10.1. The largest absolute Gasteiger partial charge is 0.454 e. The van der Waals surface area contributed by atoms with Gasteiger partial charge >= 0.3 is 0 Å². The van der Waals surface area contributed by atoms with Crippen LogP contribution in [0.1, 0.15) is 30.0 Å². The number of ether oxygens (including phenoxy) is 3. The predicted molar refractivity (Wildman–Crippen MR) is 110 cm³/mol. The lowest BCUT2D eigenvalue weighted by Gasteiger charge is -2.31. The quantitative estimate of drug-likeness (QED) is 0.780. The topological polar surface area (TPSA) is 60.0 Å². The summed E-state index contributed by atoms with van der Waals surface area (Å²) in [5, 5.41) is 3.03. The number of rotatable bonds is 7. The Morgan fingerprint density at radius 2 is 1.97 bits per heavy atom. The summed E-state index contributed by atoms with van der Waals surface area (Å²) in [7, 11) is 0. The van der Waals surface area contributed by atoms with Crippen LogP contribution in [0.15, 0.2) is 42.5 Å². The Morgan fingerprint density at radius 1 is 1.10 bits per heavy atom. The summed E-state index contributed by atoms with van der Waals surface area (Å²) >= 11 is 0. The maximum Gasteiger partial charge on any atom is 0.231 e. The van der Waals surface area contributed by atoms with Crippen LogP contribution in [0.2, 0.25) is 0 Å². The summed E-state index contributed by atoms with van der Waals surface area (Å²) in [5.41, 5.74) is 3.47. The molecule has 1 atom stereocenters. The van der Waals surface area contributed by atoms with Crippen LogP contribution in [0.3, 0.4) is 0 Å². The summed E-state index contributed by atoms with van der Waals surface area (Å²) in [5.74, 6) is 1.58. The van der Waals surface area contributed by atoms with E-state index in [0.29, 0.717) is 19.4 Å². The number of carbonyl (C=O) groups excluding carboxylic acids is 1. The van der Waals surface area contributed by atoms with Crippen molar-refractivity contribution in [3.05, 3.63) is 59.2 Å². The molecule has 6 heteroatoms.